The van der Waals surface area contributed by atoms with Crippen molar-refractivity contribution >= 4 is 42.7 Å². The van der Waals surface area contributed by atoms with E-state index in [9.17, 15) is 9.59 Å². The predicted molar refractivity (Wildman–Crippen MR) is 98.8 cm³/mol. The van der Waals surface area contributed by atoms with Crippen LogP contribution in [-0.4, -0.2) is 31.8 Å². The van der Waals surface area contributed by atoms with Crippen LogP contribution in [0.1, 0.15) is 34.1 Å². The lowest BCUT2D eigenvalue weighted by Crippen LogP contribution is -2.53. The van der Waals surface area contributed by atoms with Crippen LogP contribution in [0.5, 0.6) is 0 Å². The number of carbonyl (C=O) groups is 2. The van der Waals surface area contributed by atoms with Gasteiger partial charge < -0.3 is 9.16 Å². The Bertz CT molecular complexity index is 606. The molecule has 1 aliphatic heterocycles. The maximum Gasteiger partial charge on any atom is 0.313 e. The van der Waals surface area contributed by atoms with E-state index in [1.165, 1.54) is 0 Å². The molecule has 1 saturated carbocycles. The standard InChI is InChI=1S/C17H25IO4Si/c1-16(2,3)23(5,6)22-11-8-17(4)13-12(11)9(15(20)21-17)7-10(18)14(13)19/h7,9,11-13H,8H2,1-6H3/t9-,11+,12+,13-,17-/m0/s1. The second kappa shape index (κ2) is 5.14. The molecule has 0 aromatic rings. The average Bonchev–Trinajstić information content (AvgIpc) is 2.59. The van der Waals surface area contributed by atoms with Crippen LogP contribution in [-0.2, 0) is 18.8 Å². The first-order chi connectivity index (χ1) is 10.4. The molecule has 0 spiro atoms. The second-order valence-electron chi connectivity index (χ2n) is 8.81. The van der Waals surface area contributed by atoms with E-state index in [2.05, 4.69) is 56.5 Å². The number of hydrogen-bond donors (Lipinski definition) is 0. The number of ether oxygens (including phenoxy) is 1. The summed E-state index contributed by atoms with van der Waals surface area (Å²) < 4.78 is 13.0. The monoisotopic (exact) mass is 448 g/mol. The van der Waals surface area contributed by atoms with Crippen LogP contribution in [0.2, 0.25) is 18.1 Å². The van der Waals surface area contributed by atoms with Gasteiger partial charge in [-0.15, -0.1) is 0 Å². The zero-order valence-corrected chi connectivity index (χ0v) is 17.8. The lowest BCUT2D eigenvalue weighted by molar-refractivity contribution is -0.179. The van der Waals surface area contributed by atoms with E-state index in [-0.39, 0.29) is 40.6 Å². The van der Waals surface area contributed by atoms with E-state index in [1.54, 1.807) is 6.08 Å². The largest absolute Gasteiger partial charge is 0.458 e. The molecule has 0 N–H and O–H groups in total. The third-order valence-corrected chi connectivity index (χ3v) is 11.6. The molecular formula is C17H25IO4Si. The number of esters is 1. The molecule has 0 unspecified atom stereocenters. The van der Waals surface area contributed by atoms with Crippen molar-refractivity contribution in [3.05, 3.63) is 9.66 Å². The summed E-state index contributed by atoms with van der Waals surface area (Å²) in [5, 5.41) is 0.0961. The smallest absolute Gasteiger partial charge is 0.313 e. The van der Waals surface area contributed by atoms with Gasteiger partial charge in [0, 0.05) is 12.3 Å². The van der Waals surface area contributed by atoms with Crippen LogP contribution in [0.3, 0.4) is 0 Å². The molecule has 0 amide bonds. The summed E-state index contributed by atoms with van der Waals surface area (Å²) in [6.45, 7) is 13.0. The van der Waals surface area contributed by atoms with Crippen molar-refractivity contribution in [1.29, 1.82) is 0 Å². The number of halogens is 1. The highest BCUT2D eigenvalue weighted by Gasteiger charge is 2.66. The number of hydrogen-bond acceptors (Lipinski definition) is 4. The number of rotatable bonds is 2. The summed E-state index contributed by atoms with van der Waals surface area (Å²) in [5.41, 5.74) is -0.715. The van der Waals surface area contributed by atoms with Gasteiger partial charge in [0.15, 0.2) is 14.1 Å². The van der Waals surface area contributed by atoms with Crippen LogP contribution in [0.15, 0.2) is 9.66 Å². The second-order valence-corrected chi connectivity index (χ2v) is 14.7. The van der Waals surface area contributed by atoms with Crippen molar-refractivity contribution in [1.82, 2.24) is 0 Å². The molecule has 2 fully saturated rings. The Morgan fingerprint density at radius 3 is 2.52 bits per heavy atom. The topological polar surface area (TPSA) is 52.6 Å². The Hall–Kier alpha value is -0.213. The molecule has 5 atom stereocenters. The lowest BCUT2D eigenvalue weighted by atomic mass is 9.71. The van der Waals surface area contributed by atoms with Crippen molar-refractivity contribution in [2.45, 2.75) is 64.0 Å². The van der Waals surface area contributed by atoms with Gasteiger partial charge in [0.2, 0.25) is 0 Å². The highest BCUT2D eigenvalue weighted by Crippen LogP contribution is 2.57. The molecule has 4 bridgehead atoms. The summed E-state index contributed by atoms with van der Waals surface area (Å²) >= 11 is 2.05. The van der Waals surface area contributed by atoms with Gasteiger partial charge in [-0.2, -0.15) is 0 Å². The Labute approximate surface area is 152 Å². The summed E-state index contributed by atoms with van der Waals surface area (Å²) in [5.74, 6) is -0.742. The van der Waals surface area contributed by atoms with E-state index in [4.69, 9.17) is 9.16 Å². The lowest BCUT2D eigenvalue weighted by Gasteiger charge is -2.44. The number of allylic oxidation sites excluding steroid dienone is 1. The van der Waals surface area contributed by atoms with Gasteiger partial charge in [0.25, 0.3) is 0 Å². The van der Waals surface area contributed by atoms with Gasteiger partial charge in [-0.25, -0.2) is 0 Å². The first kappa shape index (κ1) is 17.6. The van der Waals surface area contributed by atoms with Gasteiger partial charge in [0.05, 0.1) is 21.5 Å². The molecule has 3 rings (SSSR count). The van der Waals surface area contributed by atoms with Gasteiger partial charge in [0.1, 0.15) is 5.60 Å². The van der Waals surface area contributed by atoms with Crippen LogP contribution >= 0.6 is 22.6 Å². The summed E-state index contributed by atoms with van der Waals surface area (Å²) in [6.07, 6.45) is 2.34. The van der Waals surface area contributed by atoms with Crippen molar-refractivity contribution in [2.75, 3.05) is 0 Å². The fraction of sp³-hybridized carbons (Fsp3) is 0.765. The Morgan fingerprint density at radius 1 is 1.35 bits per heavy atom. The van der Waals surface area contributed by atoms with Crippen molar-refractivity contribution in [3.8, 4) is 0 Å². The van der Waals surface area contributed by atoms with E-state index in [0.717, 1.165) is 0 Å². The molecule has 23 heavy (non-hydrogen) atoms. The Morgan fingerprint density at radius 2 is 1.96 bits per heavy atom. The van der Waals surface area contributed by atoms with Crippen LogP contribution in [0.25, 0.3) is 0 Å². The fourth-order valence-electron chi connectivity index (χ4n) is 3.98. The maximum absolute atomic E-state index is 12.7. The average molecular weight is 448 g/mol. The third-order valence-electron chi connectivity index (χ3n) is 6.20. The molecule has 2 aliphatic carbocycles. The summed E-state index contributed by atoms with van der Waals surface area (Å²) in [6, 6.07) is 0. The normalized spacial score (nSPS) is 40.0. The number of ketones is 1. The minimum atomic E-state index is -1.97. The minimum Gasteiger partial charge on any atom is -0.458 e. The van der Waals surface area contributed by atoms with Crippen molar-refractivity contribution in [2.24, 2.45) is 17.8 Å². The zero-order chi connectivity index (χ0) is 17.4. The molecule has 128 valence electrons. The maximum atomic E-state index is 12.7. The molecule has 1 saturated heterocycles. The third kappa shape index (κ3) is 2.55. The molecule has 0 radical (unpaired) electrons. The van der Waals surface area contributed by atoms with Crippen LogP contribution in [0.4, 0.5) is 0 Å². The minimum absolute atomic E-state index is 0.0682. The van der Waals surface area contributed by atoms with Crippen LogP contribution < -0.4 is 0 Å². The van der Waals surface area contributed by atoms with E-state index < -0.39 is 13.9 Å². The van der Waals surface area contributed by atoms with Crippen molar-refractivity contribution < 1.29 is 18.8 Å². The molecule has 0 aromatic heterocycles. The van der Waals surface area contributed by atoms with E-state index in [0.29, 0.717) is 10.0 Å². The van der Waals surface area contributed by atoms with Crippen molar-refractivity contribution in [3.63, 3.8) is 0 Å². The Balaban J connectivity index is 1.99. The predicted octanol–water partition coefficient (Wildman–Crippen LogP) is 3.85. The molecule has 0 aromatic carbocycles. The molecule has 6 heteroatoms. The van der Waals surface area contributed by atoms with E-state index >= 15 is 0 Å². The summed E-state index contributed by atoms with van der Waals surface area (Å²) in [7, 11) is -1.97. The Kier molecular flexibility index (Phi) is 3.94. The van der Waals surface area contributed by atoms with Gasteiger partial charge in [-0.1, -0.05) is 26.8 Å². The van der Waals surface area contributed by atoms with Gasteiger partial charge in [-0.05, 0) is 47.6 Å². The SMILES string of the molecule is CC(C)(C)[Si](C)(C)O[C@@H]1C[C@]2(C)OC(=O)[C@H]3C=C(I)C(=O)[C@@H]2[C@H]31. The van der Waals surface area contributed by atoms with Gasteiger partial charge >= 0.3 is 5.97 Å². The van der Waals surface area contributed by atoms with Gasteiger partial charge in [-0.3, -0.25) is 9.59 Å². The van der Waals surface area contributed by atoms with E-state index in [1.807, 2.05) is 6.92 Å². The quantitative estimate of drug-likeness (QED) is 0.366. The molecule has 4 nitrogen and oxygen atoms in total. The fourth-order valence-corrected chi connectivity index (χ4v) is 6.05. The number of carbonyl (C=O) groups excluding carboxylic acids is 2. The van der Waals surface area contributed by atoms with Crippen LogP contribution in [0, 0.1) is 17.8 Å². The summed E-state index contributed by atoms with van der Waals surface area (Å²) in [4.78, 5) is 25.1. The molecule has 1 heterocycles. The first-order valence-electron chi connectivity index (χ1n) is 8.20. The first-order valence-corrected chi connectivity index (χ1v) is 12.2. The highest BCUT2D eigenvalue weighted by atomic mass is 127. The molecule has 3 aliphatic rings. The highest BCUT2D eigenvalue weighted by molar-refractivity contribution is 14.1. The zero-order valence-electron chi connectivity index (χ0n) is 14.6. The number of Topliss-reactive ketones (excluding diaryl/α,β-unsaturated/α-hetero) is 1. The molecular weight excluding hydrogens is 423 g/mol.